The number of carbonyl (C=O) groups is 1. The van der Waals surface area contributed by atoms with E-state index in [0.29, 0.717) is 21.2 Å². The van der Waals surface area contributed by atoms with E-state index in [0.717, 1.165) is 21.9 Å². The van der Waals surface area contributed by atoms with E-state index in [1.165, 1.54) is 0 Å². The number of para-hydroxylation sites is 1. The fourth-order valence-corrected chi connectivity index (χ4v) is 3.78. The molecule has 6 heteroatoms. The third-order valence-electron chi connectivity index (χ3n) is 4.21. The van der Waals surface area contributed by atoms with E-state index < -0.39 is 5.97 Å². The first kappa shape index (κ1) is 17.4. The van der Waals surface area contributed by atoms with Crippen molar-refractivity contribution in [2.75, 3.05) is 0 Å². The topological polar surface area (TPSA) is 58.0 Å². The molecule has 4 aromatic rings. The summed E-state index contributed by atoms with van der Waals surface area (Å²) in [4.78, 5) is 14.8. The van der Waals surface area contributed by atoms with Crippen molar-refractivity contribution < 1.29 is 9.90 Å². The lowest BCUT2D eigenvalue weighted by atomic mass is 10.0. The summed E-state index contributed by atoms with van der Waals surface area (Å²) < 4.78 is 1.98. The fraction of sp³-hybridized carbons (Fsp3) is 0.105. The SMILES string of the molecule is C.Cn1c2ccccc2c2[nH]c(C(=O)O)c(-c3cc(Cl)cc(Cl)c3)c21. The summed E-state index contributed by atoms with van der Waals surface area (Å²) in [7, 11) is 1.92. The van der Waals surface area contributed by atoms with Crippen LogP contribution < -0.4 is 0 Å². The molecule has 0 radical (unpaired) electrons. The van der Waals surface area contributed by atoms with Crippen molar-refractivity contribution in [1.82, 2.24) is 9.55 Å². The van der Waals surface area contributed by atoms with E-state index >= 15 is 0 Å². The molecule has 0 atom stereocenters. The largest absolute Gasteiger partial charge is 0.477 e. The maximum atomic E-state index is 11.8. The molecule has 128 valence electrons. The standard InChI is InChI=1S/C18H12Cl2N2O2.CH4/c1-22-13-5-3-2-4-12(13)15-17(22)14(16(21-15)18(23)24)9-6-10(19)8-11(20)7-9;/h2-8,21H,1H3,(H,23,24);1H4. The zero-order valence-corrected chi connectivity index (χ0v) is 14.1. The van der Waals surface area contributed by atoms with Crippen LogP contribution in [0.15, 0.2) is 42.5 Å². The Morgan fingerprint density at radius 3 is 2.40 bits per heavy atom. The van der Waals surface area contributed by atoms with Gasteiger partial charge in [0.15, 0.2) is 0 Å². The normalized spacial score (nSPS) is 11.0. The van der Waals surface area contributed by atoms with Crippen molar-refractivity contribution in [2.45, 2.75) is 7.43 Å². The third kappa shape index (κ3) is 2.58. The van der Waals surface area contributed by atoms with Gasteiger partial charge in [-0.1, -0.05) is 48.8 Å². The number of aromatic nitrogens is 2. The molecule has 0 aliphatic heterocycles. The summed E-state index contributed by atoms with van der Waals surface area (Å²) in [5, 5.41) is 11.5. The summed E-state index contributed by atoms with van der Waals surface area (Å²) in [6.07, 6.45) is 0. The van der Waals surface area contributed by atoms with Gasteiger partial charge in [0.05, 0.1) is 16.6 Å². The highest BCUT2D eigenvalue weighted by Crippen LogP contribution is 2.39. The molecule has 0 bridgehead atoms. The lowest BCUT2D eigenvalue weighted by Crippen LogP contribution is -2.00. The molecule has 2 heterocycles. The van der Waals surface area contributed by atoms with Gasteiger partial charge in [-0.05, 0) is 29.8 Å². The summed E-state index contributed by atoms with van der Waals surface area (Å²) in [6, 6.07) is 12.9. The number of carboxylic acid groups (broad SMARTS) is 1. The molecule has 0 spiro atoms. The number of aromatic carboxylic acids is 1. The van der Waals surface area contributed by atoms with Gasteiger partial charge in [-0.25, -0.2) is 4.79 Å². The first-order valence-electron chi connectivity index (χ1n) is 7.26. The molecule has 0 amide bonds. The summed E-state index contributed by atoms with van der Waals surface area (Å²) in [5.74, 6) is -1.03. The van der Waals surface area contributed by atoms with Crippen LogP contribution in [-0.2, 0) is 7.05 Å². The Morgan fingerprint density at radius 2 is 1.76 bits per heavy atom. The van der Waals surface area contributed by atoms with Crippen LogP contribution in [0.4, 0.5) is 0 Å². The van der Waals surface area contributed by atoms with Crippen LogP contribution >= 0.6 is 23.2 Å². The zero-order chi connectivity index (χ0) is 17.0. The molecule has 0 aliphatic rings. The van der Waals surface area contributed by atoms with E-state index in [9.17, 15) is 9.90 Å². The van der Waals surface area contributed by atoms with Gasteiger partial charge in [-0.15, -0.1) is 0 Å². The number of benzene rings is 2. The second-order valence-corrected chi connectivity index (χ2v) is 6.51. The van der Waals surface area contributed by atoms with Gasteiger partial charge in [0.2, 0.25) is 0 Å². The minimum absolute atomic E-state index is 0. The maximum Gasteiger partial charge on any atom is 0.353 e. The number of hydrogen-bond donors (Lipinski definition) is 2. The van der Waals surface area contributed by atoms with Crippen molar-refractivity contribution in [3.8, 4) is 11.1 Å². The molecule has 0 saturated carbocycles. The van der Waals surface area contributed by atoms with E-state index in [1.54, 1.807) is 18.2 Å². The number of hydrogen-bond acceptors (Lipinski definition) is 1. The van der Waals surface area contributed by atoms with Gasteiger partial charge in [0.25, 0.3) is 0 Å². The minimum Gasteiger partial charge on any atom is -0.477 e. The Morgan fingerprint density at radius 1 is 1.12 bits per heavy atom. The van der Waals surface area contributed by atoms with Gasteiger partial charge in [-0.2, -0.15) is 0 Å². The van der Waals surface area contributed by atoms with E-state index in [2.05, 4.69) is 4.98 Å². The van der Waals surface area contributed by atoms with Crippen LogP contribution in [0.3, 0.4) is 0 Å². The number of fused-ring (bicyclic) bond motifs is 3. The average Bonchev–Trinajstić information content (AvgIpc) is 3.04. The average molecular weight is 375 g/mol. The first-order chi connectivity index (χ1) is 11.5. The monoisotopic (exact) mass is 374 g/mol. The van der Waals surface area contributed by atoms with Gasteiger partial charge in [0, 0.05) is 28.0 Å². The number of nitrogens with one attached hydrogen (secondary N) is 1. The Balaban J connectivity index is 0.00000182. The van der Waals surface area contributed by atoms with Crippen LogP contribution in [0, 0.1) is 0 Å². The maximum absolute atomic E-state index is 11.8. The predicted octanol–water partition coefficient (Wildman–Crippen LogP) is 5.97. The Labute approximate surface area is 154 Å². The van der Waals surface area contributed by atoms with Gasteiger partial charge in [0.1, 0.15) is 5.69 Å². The van der Waals surface area contributed by atoms with Crippen LogP contribution in [0.1, 0.15) is 17.9 Å². The summed E-state index contributed by atoms with van der Waals surface area (Å²) in [6.45, 7) is 0. The number of carboxylic acids is 1. The lowest BCUT2D eigenvalue weighted by molar-refractivity contribution is 0.0692. The third-order valence-corrected chi connectivity index (χ3v) is 4.65. The smallest absolute Gasteiger partial charge is 0.353 e. The molecule has 0 aliphatic carbocycles. The van der Waals surface area contributed by atoms with Gasteiger partial charge >= 0.3 is 5.97 Å². The van der Waals surface area contributed by atoms with Crippen LogP contribution in [0.2, 0.25) is 10.0 Å². The first-order valence-corrected chi connectivity index (χ1v) is 8.02. The Hall–Kier alpha value is -2.43. The number of H-pyrrole nitrogens is 1. The van der Waals surface area contributed by atoms with Crippen LogP contribution in [0.25, 0.3) is 33.1 Å². The Bertz CT molecular complexity index is 1110. The lowest BCUT2D eigenvalue weighted by Gasteiger charge is -2.06. The zero-order valence-electron chi connectivity index (χ0n) is 12.6. The summed E-state index contributed by atoms with van der Waals surface area (Å²) in [5.41, 5.74) is 4.00. The number of nitrogens with zero attached hydrogens (tertiary/aromatic N) is 1. The number of aryl methyl sites for hydroxylation is 1. The van der Waals surface area contributed by atoms with Crippen molar-refractivity contribution in [1.29, 1.82) is 0 Å². The molecule has 2 aromatic carbocycles. The van der Waals surface area contributed by atoms with E-state index in [4.69, 9.17) is 23.2 Å². The second kappa shape index (κ2) is 6.14. The molecular formula is C19H16Cl2N2O2. The summed E-state index contributed by atoms with van der Waals surface area (Å²) >= 11 is 12.2. The van der Waals surface area contributed by atoms with Crippen molar-refractivity contribution in [3.63, 3.8) is 0 Å². The van der Waals surface area contributed by atoms with Crippen LogP contribution in [0.5, 0.6) is 0 Å². The van der Waals surface area contributed by atoms with Gasteiger partial charge < -0.3 is 14.7 Å². The molecule has 4 rings (SSSR count). The highest BCUT2D eigenvalue weighted by molar-refractivity contribution is 6.35. The van der Waals surface area contributed by atoms with Gasteiger partial charge in [-0.3, -0.25) is 0 Å². The second-order valence-electron chi connectivity index (χ2n) is 5.64. The number of rotatable bonds is 2. The molecule has 4 nitrogen and oxygen atoms in total. The molecule has 0 fully saturated rings. The highest BCUT2D eigenvalue weighted by atomic mass is 35.5. The quantitative estimate of drug-likeness (QED) is 0.454. The van der Waals surface area contributed by atoms with E-state index in [-0.39, 0.29) is 13.1 Å². The Kier molecular flexibility index (Phi) is 4.27. The molecule has 25 heavy (non-hydrogen) atoms. The van der Waals surface area contributed by atoms with Crippen LogP contribution in [-0.4, -0.2) is 20.6 Å². The molecular weight excluding hydrogens is 359 g/mol. The molecule has 0 saturated heterocycles. The minimum atomic E-state index is -1.03. The number of aromatic amines is 1. The molecule has 0 unspecified atom stereocenters. The molecule has 2 aromatic heterocycles. The predicted molar refractivity (Wildman–Crippen MR) is 104 cm³/mol. The van der Waals surface area contributed by atoms with Crippen molar-refractivity contribution in [3.05, 3.63) is 58.2 Å². The molecule has 2 N–H and O–H groups in total. The van der Waals surface area contributed by atoms with E-state index in [1.807, 2.05) is 35.9 Å². The highest BCUT2D eigenvalue weighted by Gasteiger charge is 2.23. The van der Waals surface area contributed by atoms with Crippen molar-refractivity contribution in [2.24, 2.45) is 7.05 Å². The van der Waals surface area contributed by atoms with Crippen molar-refractivity contribution >= 4 is 51.1 Å². The number of halogens is 2. The fourth-order valence-electron chi connectivity index (χ4n) is 3.26.